The van der Waals surface area contributed by atoms with E-state index in [2.05, 4.69) is 32.3 Å². The van der Waals surface area contributed by atoms with Crippen LogP contribution in [0.1, 0.15) is 5.56 Å². The van der Waals surface area contributed by atoms with Crippen molar-refractivity contribution in [1.29, 1.82) is 0 Å². The molecule has 2 heterocycles. The van der Waals surface area contributed by atoms with Gasteiger partial charge < -0.3 is 15.2 Å². The first-order chi connectivity index (χ1) is 13.8. The molecule has 0 atom stereocenters. The molecule has 5 heteroatoms. The third-order valence-corrected chi connectivity index (χ3v) is 4.64. The Morgan fingerprint density at radius 3 is 2.54 bits per heavy atom. The van der Waals surface area contributed by atoms with Gasteiger partial charge >= 0.3 is 0 Å². The van der Waals surface area contributed by atoms with Crippen molar-refractivity contribution in [2.45, 2.75) is 6.54 Å². The zero-order valence-electron chi connectivity index (χ0n) is 15.5. The van der Waals surface area contributed by atoms with Crippen LogP contribution in [0.15, 0.2) is 89.9 Å². The van der Waals surface area contributed by atoms with Crippen LogP contribution in [0, 0.1) is 0 Å². The van der Waals surface area contributed by atoms with Crippen molar-refractivity contribution >= 4 is 22.4 Å². The monoisotopic (exact) mass is 370 g/mol. The third-order valence-electron chi connectivity index (χ3n) is 4.64. The Hall–Kier alpha value is -3.60. The van der Waals surface area contributed by atoms with Crippen molar-refractivity contribution in [2.24, 2.45) is 0 Å². The van der Waals surface area contributed by atoms with Gasteiger partial charge in [-0.1, -0.05) is 54.6 Å². The van der Waals surface area contributed by atoms with E-state index in [1.54, 1.807) is 6.07 Å². The minimum Gasteiger partial charge on any atom is -0.383 e. The number of H-pyrrole nitrogens is 1. The lowest BCUT2D eigenvalue weighted by Crippen LogP contribution is -2.29. The highest BCUT2D eigenvalue weighted by atomic mass is 16.1. The number of nitrogens with one attached hydrogen (secondary N) is 2. The minimum absolute atomic E-state index is 0.105. The summed E-state index contributed by atoms with van der Waals surface area (Å²) in [4.78, 5) is 21.6. The summed E-state index contributed by atoms with van der Waals surface area (Å²) in [6.07, 6.45) is 1.81. The second-order valence-electron chi connectivity index (χ2n) is 6.61. The first-order valence-corrected chi connectivity index (χ1v) is 9.35. The lowest BCUT2D eigenvalue weighted by atomic mass is 10.2. The Bertz CT molecular complexity index is 1090. The molecule has 5 nitrogen and oxygen atoms in total. The van der Waals surface area contributed by atoms with Gasteiger partial charge in [-0.3, -0.25) is 4.79 Å². The maximum Gasteiger partial charge on any atom is 0.250 e. The van der Waals surface area contributed by atoms with Gasteiger partial charge in [0.05, 0.1) is 5.52 Å². The first kappa shape index (κ1) is 17.8. The Balaban J connectivity index is 1.51. The number of nitrogens with zero attached hydrogens (tertiary/aromatic N) is 2. The van der Waals surface area contributed by atoms with E-state index >= 15 is 0 Å². The second kappa shape index (κ2) is 8.39. The van der Waals surface area contributed by atoms with Crippen LogP contribution in [0.4, 0.5) is 11.5 Å². The smallest absolute Gasteiger partial charge is 0.250 e. The van der Waals surface area contributed by atoms with Gasteiger partial charge in [0.2, 0.25) is 5.56 Å². The van der Waals surface area contributed by atoms with E-state index in [1.807, 2.05) is 66.9 Å². The number of aromatic amines is 1. The molecule has 0 fully saturated rings. The van der Waals surface area contributed by atoms with Crippen molar-refractivity contribution in [3.05, 3.63) is 101 Å². The molecule has 0 saturated heterocycles. The fourth-order valence-electron chi connectivity index (χ4n) is 3.30. The van der Waals surface area contributed by atoms with Gasteiger partial charge in [-0.15, -0.1) is 0 Å². The first-order valence-electron chi connectivity index (χ1n) is 9.35. The Morgan fingerprint density at radius 1 is 0.929 bits per heavy atom. The predicted molar refractivity (Wildman–Crippen MR) is 115 cm³/mol. The molecule has 0 amide bonds. The molecule has 0 unspecified atom stereocenters. The van der Waals surface area contributed by atoms with Crippen LogP contribution in [0.3, 0.4) is 0 Å². The van der Waals surface area contributed by atoms with Crippen LogP contribution in [0.2, 0.25) is 0 Å². The summed E-state index contributed by atoms with van der Waals surface area (Å²) in [6, 6.07) is 25.7. The zero-order chi connectivity index (χ0) is 19.2. The number of para-hydroxylation sites is 1. The number of aromatic nitrogens is 2. The number of benzene rings is 2. The quantitative estimate of drug-likeness (QED) is 0.515. The number of hydrogen-bond acceptors (Lipinski definition) is 4. The van der Waals surface area contributed by atoms with E-state index in [0.29, 0.717) is 6.54 Å². The fourth-order valence-corrected chi connectivity index (χ4v) is 3.30. The van der Waals surface area contributed by atoms with Crippen molar-refractivity contribution in [3.63, 3.8) is 0 Å². The van der Waals surface area contributed by atoms with Crippen LogP contribution < -0.4 is 15.8 Å². The summed E-state index contributed by atoms with van der Waals surface area (Å²) in [5.41, 5.74) is 2.81. The summed E-state index contributed by atoms with van der Waals surface area (Å²) in [6.45, 7) is 2.22. The summed E-state index contributed by atoms with van der Waals surface area (Å²) < 4.78 is 0. The molecule has 2 N–H and O–H groups in total. The lowest BCUT2D eigenvalue weighted by molar-refractivity contribution is 0.790. The highest BCUT2D eigenvalue weighted by molar-refractivity contribution is 5.90. The van der Waals surface area contributed by atoms with E-state index in [1.165, 1.54) is 5.56 Å². The molecule has 0 aliphatic carbocycles. The molecule has 140 valence electrons. The third kappa shape index (κ3) is 4.20. The summed E-state index contributed by atoms with van der Waals surface area (Å²) in [5.74, 6) is 0.934. The Kier molecular flexibility index (Phi) is 5.33. The molecule has 0 bridgehead atoms. The van der Waals surface area contributed by atoms with E-state index in [-0.39, 0.29) is 5.56 Å². The van der Waals surface area contributed by atoms with Crippen molar-refractivity contribution in [1.82, 2.24) is 9.97 Å². The standard InChI is InChI=1S/C23H22N4O/c28-23-16-21(19-10-4-5-11-20(19)26-23)24-14-15-27(22-12-6-7-13-25-22)17-18-8-2-1-3-9-18/h1-13,16H,14-15,17H2,(H2,24,26,28). The largest absolute Gasteiger partial charge is 0.383 e. The van der Waals surface area contributed by atoms with Gasteiger partial charge in [0, 0.05) is 43.0 Å². The maximum absolute atomic E-state index is 11.9. The fraction of sp³-hybridized carbons (Fsp3) is 0.130. The Morgan fingerprint density at radius 2 is 1.71 bits per heavy atom. The van der Waals surface area contributed by atoms with Gasteiger partial charge in [0.15, 0.2) is 0 Å². The van der Waals surface area contributed by atoms with E-state index in [0.717, 1.165) is 35.5 Å². The van der Waals surface area contributed by atoms with E-state index in [9.17, 15) is 4.79 Å². The zero-order valence-corrected chi connectivity index (χ0v) is 15.5. The molecule has 0 aliphatic heterocycles. The van der Waals surface area contributed by atoms with Gasteiger partial charge in [-0.25, -0.2) is 4.98 Å². The van der Waals surface area contributed by atoms with Crippen molar-refractivity contribution in [3.8, 4) is 0 Å². The molecule has 0 spiro atoms. The lowest BCUT2D eigenvalue weighted by Gasteiger charge is -2.24. The van der Waals surface area contributed by atoms with Crippen LogP contribution in [0.5, 0.6) is 0 Å². The molecule has 0 saturated carbocycles. The van der Waals surface area contributed by atoms with Crippen LogP contribution in [0.25, 0.3) is 10.9 Å². The highest BCUT2D eigenvalue weighted by Crippen LogP contribution is 2.19. The van der Waals surface area contributed by atoms with Crippen molar-refractivity contribution in [2.75, 3.05) is 23.3 Å². The number of anilines is 2. The maximum atomic E-state index is 11.9. The number of fused-ring (bicyclic) bond motifs is 1. The molecular formula is C23H22N4O. The Labute approximate surface area is 163 Å². The van der Waals surface area contributed by atoms with E-state index in [4.69, 9.17) is 0 Å². The average molecular weight is 370 g/mol. The van der Waals surface area contributed by atoms with Crippen LogP contribution >= 0.6 is 0 Å². The molecule has 0 aliphatic rings. The molecule has 2 aromatic carbocycles. The molecular weight excluding hydrogens is 348 g/mol. The van der Waals surface area contributed by atoms with Gasteiger partial charge in [-0.05, 0) is 23.8 Å². The summed E-state index contributed by atoms with van der Waals surface area (Å²) >= 11 is 0. The number of pyridine rings is 2. The van der Waals surface area contributed by atoms with Crippen LogP contribution in [-0.4, -0.2) is 23.1 Å². The SMILES string of the molecule is O=c1cc(NCCN(Cc2ccccc2)c2ccccn2)c2ccccc2[nH]1. The summed E-state index contributed by atoms with van der Waals surface area (Å²) in [5, 5.41) is 4.43. The van der Waals surface area contributed by atoms with E-state index < -0.39 is 0 Å². The topological polar surface area (TPSA) is 61.0 Å². The molecule has 28 heavy (non-hydrogen) atoms. The average Bonchev–Trinajstić information content (AvgIpc) is 2.74. The minimum atomic E-state index is -0.105. The van der Waals surface area contributed by atoms with Gasteiger partial charge in [0.1, 0.15) is 5.82 Å². The van der Waals surface area contributed by atoms with Crippen LogP contribution in [-0.2, 0) is 6.54 Å². The van der Waals surface area contributed by atoms with Gasteiger partial charge in [-0.2, -0.15) is 0 Å². The number of hydrogen-bond donors (Lipinski definition) is 2. The molecule has 2 aromatic heterocycles. The summed E-state index contributed by atoms with van der Waals surface area (Å²) in [7, 11) is 0. The normalized spacial score (nSPS) is 10.7. The number of rotatable bonds is 7. The molecule has 4 aromatic rings. The molecule has 4 rings (SSSR count). The predicted octanol–water partition coefficient (Wildman–Crippen LogP) is 4.04. The second-order valence-corrected chi connectivity index (χ2v) is 6.61. The van der Waals surface area contributed by atoms with Gasteiger partial charge in [0.25, 0.3) is 0 Å². The highest BCUT2D eigenvalue weighted by Gasteiger charge is 2.09. The van der Waals surface area contributed by atoms with Crippen molar-refractivity contribution < 1.29 is 0 Å². The molecule has 0 radical (unpaired) electrons.